The Balaban J connectivity index is 2.67. The van der Waals surface area contributed by atoms with E-state index in [0.717, 1.165) is 4.88 Å². The first-order valence-corrected chi connectivity index (χ1v) is 5.39. The van der Waals surface area contributed by atoms with Gasteiger partial charge in [0.1, 0.15) is 0 Å². The largest absolute Gasteiger partial charge is 0.481 e. The number of thiophene rings is 1. The number of carboxylic acids is 2. The van der Waals surface area contributed by atoms with E-state index < -0.39 is 17.9 Å². The average molecular weight is 228 g/mol. The second kappa shape index (κ2) is 4.93. The van der Waals surface area contributed by atoms with Crippen LogP contribution in [0, 0.1) is 5.92 Å². The van der Waals surface area contributed by atoms with Crippen molar-refractivity contribution >= 4 is 23.3 Å². The Kier molecular flexibility index (Phi) is 3.85. The van der Waals surface area contributed by atoms with Gasteiger partial charge in [-0.3, -0.25) is 9.59 Å². The molecule has 1 unspecified atom stereocenters. The molecule has 0 bridgehead atoms. The maximum Gasteiger partial charge on any atom is 0.317 e. The third-order valence-corrected chi connectivity index (χ3v) is 3.32. The van der Waals surface area contributed by atoms with Crippen LogP contribution >= 0.6 is 11.3 Å². The molecule has 0 saturated carbocycles. The van der Waals surface area contributed by atoms with Crippen LogP contribution in [0.5, 0.6) is 0 Å². The first kappa shape index (κ1) is 11.7. The van der Waals surface area contributed by atoms with Crippen LogP contribution in [0.3, 0.4) is 0 Å². The van der Waals surface area contributed by atoms with Crippen molar-refractivity contribution in [2.75, 3.05) is 0 Å². The summed E-state index contributed by atoms with van der Waals surface area (Å²) in [6.07, 6.45) is 0.130. The minimum Gasteiger partial charge on any atom is -0.481 e. The van der Waals surface area contributed by atoms with Gasteiger partial charge in [0.15, 0.2) is 5.92 Å². The van der Waals surface area contributed by atoms with Gasteiger partial charge in [-0.25, -0.2) is 0 Å². The molecule has 1 heterocycles. The highest BCUT2D eigenvalue weighted by molar-refractivity contribution is 7.10. The smallest absolute Gasteiger partial charge is 0.317 e. The standard InChI is InChI=1S/C10H12O4S/c1-6(8-3-2-4-15-8)5-7(9(11)12)10(13)14/h2-4,6-7H,5H2,1H3,(H,11,12)(H,13,14). The molecule has 1 atom stereocenters. The van der Waals surface area contributed by atoms with E-state index in [2.05, 4.69) is 0 Å². The molecule has 0 spiro atoms. The maximum absolute atomic E-state index is 10.7. The molecule has 0 fully saturated rings. The summed E-state index contributed by atoms with van der Waals surface area (Å²) in [5.74, 6) is -3.90. The minimum absolute atomic E-state index is 0.0396. The normalized spacial score (nSPS) is 12.7. The second-order valence-corrected chi connectivity index (χ2v) is 4.36. The van der Waals surface area contributed by atoms with Crippen molar-refractivity contribution in [3.63, 3.8) is 0 Å². The molecule has 15 heavy (non-hydrogen) atoms. The minimum atomic E-state index is -1.32. The van der Waals surface area contributed by atoms with Crippen LogP contribution in [-0.2, 0) is 9.59 Å². The summed E-state index contributed by atoms with van der Waals surface area (Å²) in [7, 11) is 0. The molecular weight excluding hydrogens is 216 g/mol. The number of hydrogen-bond acceptors (Lipinski definition) is 3. The molecule has 0 aliphatic rings. The molecule has 0 radical (unpaired) electrons. The molecular formula is C10H12O4S. The SMILES string of the molecule is CC(CC(C(=O)O)C(=O)O)c1cccs1. The van der Waals surface area contributed by atoms with Crippen molar-refractivity contribution in [1.82, 2.24) is 0 Å². The predicted octanol–water partition coefficient (Wildman–Crippen LogP) is 2.03. The van der Waals surface area contributed by atoms with Crippen LogP contribution in [0.2, 0.25) is 0 Å². The van der Waals surface area contributed by atoms with Crippen LogP contribution in [-0.4, -0.2) is 22.2 Å². The molecule has 0 saturated heterocycles. The van der Waals surface area contributed by atoms with E-state index in [1.807, 2.05) is 24.4 Å². The molecule has 2 N–H and O–H groups in total. The van der Waals surface area contributed by atoms with E-state index in [9.17, 15) is 9.59 Å². The number of hydrogen-bond donors (Lipinski definition) is 2. The first-order chi connectivity index (χ1) is 7.02. The fraction of sp³-hybridized carbons (Fsp3) is 0.400. The zero-order valence-corrected chi connectivity index (χ0v) is 9.03. The molecule has 0 amide bonds. The van der Waals surface area contributed by atoms with Gasteiger partial charge >= 0.3 is 11.9 Å². The van der Waals surface area contributed by atoms with E-state index in [1.165, 1.54) is 11.3 Å². The van der Waals surface area contributed by atoms with Crippen molar-refractivity contribution in [3.05, 3.63) is 22.4 Å². The molecule has 4 nitrogen and oxygen atoms in total. The summed E-state index contributed by atoms with van der Waals surface area (Å²) in [4.78, 5) is 22.4. The van der Waals surface area contributed by atoms with Gasteiger partial charge in [0.05, 0.1) is 0 Å². The number of aliphatic carboxylic acids is 2. The lowest BCUT2D eigenvalue weighted by atomic mass is 9.95. The second-order valence-electron chi connectivity index (χ2n) is 3.38. The molecule has 0 aliphatic heterocycles. The molecule has 0 aliphatic carbocycles. The Morgan fingerprint density at radius 3 is 2.40 bits per heavy atom. The van der Waals surface area contributed by atoms with Crippen LogP contribution in [0.15, 0.2) is 17.5 Å². The Labute approximate surface area is 91.2 Å². The zero-order chi connectivity index (χ0) is 11.4. The molecule has 0 aromatic carbocycles. The summed E-state index contributed by atoms with van der Waals surface area (Å²) in [5.41, 5.74) is 0. The summed E-state index contributed by atoms with van der Waals surface area (Å²) >= 11 is 1.51. The van der Waals surface area contributed by atoms with Gasteiger partial charge in [0.25, 0.3) is 0 Å². The summed E-state index contributed by atoms with van der Waals surface area (Å²) in [6, 6.07) is 3.75. The molecule has 5 heteroatoms. The van der Waals surface area contributed by atoms with E-state index in [4.69, 9.17) is 10.2 Å². The lowest BCUT2D eigenvalue weighted by molar-refractivity contribution is -0.154. The summed E-state index contributed by atoms with van der Waals surface area (Å²) in [6.45, 7) is 1.84. The Morgan fingerprint density at radius 2 is 2.00 bits per heavy atom. The fourth-order valence-corrected chi connectivity index (χ4v) is 2.15. The van der Waals surface area contributed by atoms with E-state index in [1.54, 1.807) is 0 Å². The Bertz CT molecular complexity index is 330. The highest BCUT2D eigenvalue weighted by atomic mass is 32.1. The maximum atomic E-state index is 10.7. The van der Waals surface area contributed by atoms with Crippen molar-refractivity contribution in [1.29, 1.82) is 0 Å². The van der Waals surface area contributed by atoms with Crippen molar-refractivity contribution in [2.24, 2.45) is 5.92 Å². The van der Waals surface area contributed by atoms with Gasteiger partial charge in [-0.15, -0.1) is 11.3 Å². The first-order valence-electron chi connectivity index (χ1n) is 4.51. The van der Waals surface area contributed by atoms with E-state index >= 15 is 0 Å². The van der Waals surface area contributed by atoms with Crippen molar-refractivity contribution in [2.45, 2.75) is 19.3 Å². The Hall–Kier alpha value is -1.36. The van der Waals surface area contributed by atoms with Gasteiger partial charge in [0, 0.05) is 4.88 Å². The monoisotopic (exact) mass is 228 g/mol. The van der Waals surface area contributed by atoms with Crippen LogP contribution in [0.1, 0.15) is 24.1 Å². The third-order valence-electron chi connectivity index (χ3n) is 2.21. The van der Waals surface area contributed by atoms with Gasteiger partial charge in [-0.2, -0.15) is 0 Å². The van der Waals surface area contributed by atoms with E-state index in [0.29, 0.717) is 0 Å². The van der Waals surface area contributed by atoms with Gasteiger partial charge in [0.2, 0.25) is 0 Å². The molecule has 1 aromatic rings. The average Bonchev–Trinajstić information content (AvgIpc) is 2.65. The lowest BCUT2D eigenvalue weighted by Crippen LogP contribution is -2.24. The molecule has 1 aromatic heterocycles. The summed E-state index contributed by atoms with van der Waals surface area (Å²) < 4.78 is 0. The fourth-order valence-electron chi connectivity index (χ4n) is 1.35. The zero-order valence-electron chi connectivity index (χ0n) is 8.21. The number of carbonyl (C=O) groups is 2. The molecule has 1 rings (SSSR count). The van der Waals surface area contributed by atoms with Gasteiger partial charge < -0.3 is 10.2 Å². The van der Waals surface area contributed by atoms with Gasteiger partial charge in [-0.1, -0.05) is 13.0 Å². The lowest BCUT2D eigenvalue weighted by Gasteiger charge is -2.12. The predicted molar refractivity (Wildman–Crippen MR) is 56.1 cm³/mol. The van der Waals surface area contributed by atoms with Crippen LogP contribution in [0.25, 0.3) is 0 Å². The van der Waals surface area contributed by atoms with Crippen molar-refractivity contribution < 1.29 is 19.8 Å². The summed E-state index contributed by atoms with van der Waals surface area (Å²) in [5, 5.41) is 19.3. The van der Waals surface area contributed by atoms with Gasteiger partial charge in [-0.05, 0) is 23.8 Å². The third kappa shape index (κ3) is 3.06. The van der Waals surface area contributed by atoms with Crippen LogP contribution < -0.4 is 0 Å². The Morgan fingerprint density at radius 1 is 1.40 bits per heavy atom. The number of carboxylic acid groups (broad SMARTS) is 2. The van der Waals surface area contributed by atoms with Crippen molar-refractivity contribution in [3.8, 4) is 0 Å². The van der Waals surface area contributed by atoms with E-state index in [-0.39, 0.29) is 12.3 Å². The highest BCUT2D eigenvalue weighted by Gasteiger charge is 2.28. The quantitative estimate of drug-likeness (QED) is 0.756. The molecule has 82 valence electrons. The topological polar surface area (TPSA) is 74.6 Å². The van der Waals surface area contributed by atoms with Crippen LogP contribution in [0.4, 0.5) is 0 Å². The highest BCUT2D eigenvalue weighted by Crippen LogP contribution is 2.27. The number of rotatable bonds is 5.